The smallest absolute Gasteiger partial charge is 0.323 e. The van der Waals surface area contributed by atoms with E-state index in [0.29, 0.717) is 16.7 Å². The van der Waals surface area contributed by atoms with Crippen LogP contribution in [-0.2, 0) is 0 Å². The van der Waals surface area contributed by atoms with Gasteiger partial charge in [0, 0.05) is 19.8 Å². The second-order valence-corrected chi connectivity index (χ2v) is 3.66. The van der Waals surface area contributed by atoms with Gasteiger partial charge in [-0.1, -0.05) is 0 Å². The Balaban J connectivity index is 2.32. The maximum absolute atomic E-state index is 11.4. The molecule has 0 aliphatic heterocycles. The summed E-state index contributed by atoms with van der Waals surface area (Å²) in [7, 11) is 3.32. The zero-order chi connectivity index (χ0) is 11.7. The molecule has 84 valence electrons. The van der Waals surface area contributed by atoms with E-state index in [1.165, 1.54) is 4.90 Å². The number of urea groups is 1. The third-order valence-corrected chi connectivity index (χ3v) is 2.17. The average Bonchev–Trinajstić information content (AvgIpc) is 2.57. The van der Waals surface area contributed by atoms with Crippen LogP contribution in [0.2, 0.25) is 0 Å². The number of amides is 2. The summed E-state index contributed by atoms with van der Waals surface area (Å²) >= 11 is 0. The molecule has 1 aromatic carbocycles. The van der Waals surface area contributed by atoms with Crippen LogP contribution in [0.4, 0.5) is 10.5 Å². The molecule has 2 rings (SSSR count). The molecule has 16 heavy (non-hydrogen) atoms. The minimum atomic E-state index is -0.258. The number of fused-ring (bicyclic) bond motifs is 1. The van der Waals surface area contributed by atoms with Crippen LogP contribution in [0.25, 0.3) is 11.0 Å². The number of aromatic amines is 2. The number of aromatic nitrogens is 2. The van der Waals surface area contributed by atoms with Gasteiger partial charge in [-0.2, -0.15) is 0 Å². The van der Waals surface area contributed by atoms with E-state index in [-0.39, 0.29) is 11.7 Å². The Bertz CT molecular complexity index is 582. The summed E-state index contributed by atoms with van der Waals surface area (Å²) in [5, 5.41) is 2.69. The Morgan fingerprint density at radius 2 is 1.94 bits per heavy atom. The van der Waals surface area contributed by atoms with Crippen molar-refractivity contribution in [1.82, 2.24) is 14.9 Å². The van der Waals surface area contributed by atoms with Crippen molar-refractivity contribution >= 4 is 22.8 Å². The van der Waals surface area contributed by atoms with Gasteiger partial charge in [-0.05, 0) is 18.2 Å². The average molecular weight is 220 g/mol. The molecule has 0 unspecified atom stereocenters. The number of hydrogen-bond acceptors (Lipinski definition) is 2. The lowest BCUT2D eigenvalue weighted by atomic mass is 10.3. The molecule has 0 saturated heterocycles. The Hall–Kier alpha value is -2.24. The Labute approximate surface area is 91.3 Å². The molecule has 2 amide bonds. The second kappa shape index (κ2) is 3.73. The number of H-pyrrole nitrogens is 2. The molecule has 6 heteroatoms. The lowest BCUT2D eigenvalue weighted by molar-refractivity contribution is 0.230. The van der Waals surface area contributed by atoms with Crippen molar-refractivity contribution in [3.8, 4) is 0 Å². The van der Waals surface area contributed by atoms with Gasteiger partial charge >= 0.3 is 11.7 Å². The molecule has 0 aliphatic carbocycles. The summed E-state index contributed by atoms with van der Waals surface area (Å²) in [6.45, 7) is 0. The normalized spacial score (nSPS) is 10.4. The van der Waals surface area contributed by atoms with Gasteiger partial charge in [-0.25, -0.2) is 9.59 Å². The van der Waals surface area contributed by atoms with Gasteiger partial charge in [0.2, 0.25) is 0 Å². The molecule has 0 bridgehead atoms. The number of anilines is 1. The monoisotopic (exact) mass is 220 g/mol. The van der Waals surface area contributed by atoms with Crippen molar-refractivity contribution < 1.29 is 4.79 Å². The first kappa shape index (κ1) is 10.3. The first-order valence-electron chi connectivity index (χ1n) is 4.76. The van der Waals surface area contributed by atoms with Gasteiger partial charge < -0.3 is 20.2 Å². The van der Waals surface area contributed by atoms with E-state index in [0.717, 1.165) is 0 Å². The fraction of sp³-hybridized carbons (Fsp3) is 0.200. The third-order valence-electron chi connectivity index (χ3n) is 2.17. The first-order chi connectivity index (χ1) is 7.56. The van der Waals surface area contributed by atoms with Gasteiger partial charge in [0.05, 0.1) is 11.0 Å². The molecule has 0 aliphatic rings. The number of imidazole rings is 1. The van der Waals surface area contributed by atoms with Gasteiger partial charge in [-0.3, -0.25) is 0 Å². The molecule has 0 spiro atoms. The van der Waals surface area contributed by atoms with E-state index >= 15 is 0 Å². The molecule has 1 heterocycles. The summed E-state index contributed by atoms with van der Waals surface area (Å²) in [5.41, 5.74) is 1.77. The molecular weight excluding hydrogens is 208 g/mol. The predicted octanol–water partition coefficient (Wildman–Crippen LogP) is 0.950. The number of hydrogen-bond donors (Lipinski definition) is 3. The van der Waals surface area contributed by atoms with Gasteiger partial charge in [-0.15, -0.1) is 0 Å². The predicted molar refractivity (Wildman–Crippen MR) is 61.6 cm³/mol. The summed E-state index contributed by atoms with van der Waals surface area (Å²) in [4.78, 5) is 29.1. The number of carbonyl (C=O) groups excluding carboxylic acids is 1. The van der Waals surface area contributed by atoms with E-state index in [4.69, 9.17) is 0 Å². The van der Waals surface area contributed by atoms with Crippen LogP contribution in [0.5, 0.6) is 0 Å². The van der Waals surface area contributed by atoms with Crippen molar-refractivity contribution in [2.45, 2.75) is 0 Å². The lowest BCUT2D eigenvalue weighted by Gasteiger charge is -2.11. The van der Waals surface area contributed by atoms with Crippen molar-refractivity contribution in [1.29, 1.82) is 0 Å². The second-order valence-electron chi connectivity index (χ2n) is 3.66. The lowest BCUT2D eigenvalue weighted by Crippen LogP contribution is -2.27. The zero-order valence-corrected chi connectivity index (χ0v) is 9.00. The number of nitrogens with zero attached hydrogens (tertiary/aromatic N) is 1. The van der Waals surface area contributed by atoms with Crippen LogP contribution in [0, 0.1) is 0 Å². The quantitative estimate of drug-likeness (QED) is 0.668. The molecule has 6 nitrogen and oxygen atoms in total. The molecule has 0 fully saturated rings. The SMILES string of the molecule is CN(C)C(=O)Nc1ccc2[nH]c(=O)[nH]c2c1. The third kappa shape index (κ3) is 1.90. The minimum absolute atomic E-state index is 0.211. The largest absolute Gasteiger partial charge is 0.331 e. The van der Waals surface area contributed by atoms with Crippen LogP contribution in [0.3, 0.4) is 0 Å². The van der Waals surface area contributed by atoms with E-state index in [1.54, 1.807) is 32.3 Å². The minimum Gasteiger partial charge on any atom is -0.331 e. The first-order valence-corrected chi connectivity index (χ1v) is 4.76. The molecule has 0 saturated carbocycles. The topological polar surface area (TPSA) is 81.0 Å². The molecule has 0 radical (unpaired) electrons. The standard InChI is InChI=1S/C10H12N4O2/c1-14(2)10(16)11-6-3-4-7-8(5-6)13-9(15)12-7/h3-5H,1-2H3,(H,11,16)(H2,12,13,15). The Kier molecular flexibility index (Phi) is 2.40. The Morgan fingerprint density at radius 3 is 2.62 bits per heavy atom. The fourth-order valence-electron chi connectivity index (χ4n) is 1.35. The fourth-order valence-corrected chi connectivity index (χ4v) is 1.35. The Morgan fingerprint density at radius 1 is 1.25 bits per heavy atom. The highest BCUT2D eigenvalue weighted by molar-refractivity contribution is 5.91. The van der Waals surface area contributed by atoms with Crippen LogP contribution in [0.15, 0.2) is 23.0 Å². The van der Waals surface area contributed by atoms with Crippen molar-refractivity contribution in [3.05, 3.63) is 28.7 Å². The van der Waals surface area contributed by atoms with Crippen LogP contribution < -0.4 is 11.0 Å². The number of benzene rings is 1. The molecular formula is C10H12N4O2. The van der Waals surface area contributed by atoms with Crippen molar-refractivity contribution in [3.63, 3.8) is 0 Å². The highest BCUT2D eigenvalue weighted by atomic mass is 16.2. The highest BCUT2D eigenvalue weighted by Crippen LogP contribution is 2.14. The molecule has 1 aromatic heterocycles. The van der Waals surface area contributed by atoms with Crippen molar-refractivity contribution in [2.24, 2.45) is 0 Å². The zero-order valence-electron chi connectivity index (χ0n) is 9.00. The summed E-state index contributed by atoms with van der Waals surface area (Å²) < 4.78 is 0. The van der Waals surface area contributed by atoms with E-state index in [9.17, 15) is 9.59 Å². The van der Waals surface area contributed by atoms with E-state index in [2.05, 4.69) is 15.3 Å². The number of nitrogens with one attached hydrogen (secondary N) is 3. The van der Waals surface area contributed by atoms with E-state index < -0.39 is 0 Å². The van der Waals surface area contributed by atoms with E-state index in [1.807, 2.05) is 0 Å². The van der Waals surface area contributed by atoms with Gasteiger partial charge in [0.1, 0.15) is 0 Å². The molecule has 0 atom stereocenters. The molecule has 2 aromatic rings. The van der Waals surface area contributed by atoms with Crippen LogP contribution in [-0.4, -0.2) is 35.0 Å². The number of rotatable bonds is 1. The molecule has 3 N–H and O–H groups in total. The van der Waals surface area contributed by atoms with Gasteiger partial charge in [0.15, 0.2) is 0 Å². The van der Waals surface area contributed by atoms with Gasteiger partial charge in [0.25, 0.3) is 0 Å². The summed E-state index contributed by atoms with van der Waals surface area (Å²) in [6, 6.07) is 4.96. The maximum atomic E-state index is 11.4. The maximum Gasteiger partial charge on any atom is 0.323 e. The van der Waals surface area contributed by atoms with Crippen LogP contribution in [0.1, 0.15) is 0 Å². The summed E-state index contributed by atoms with van der Waals surface area (Å²) in [5.74, 6) is 0. The van der Waals surface area contributed by atoms with Crippen LogP contribution >= 0.6 is 0 Å². The van der Waals surface area contributed by atoms with Crippen molar-refractivity contribution in [2.75, 3.05) is 19.4 Å². The highest BCUT2D eigenvalue weighted by Gasteiger charge is 2.05. The number of carbonyl (C=O) groups is 1. The summed E-state index contributed by atoms with van der Waals surface area (Å²) in [6.07, 6.45) is 0.